The molecule has 2 aromatic carbocycles. The van der Waals surface area contributed by atoms with Crippen molar-refractivity contribution in [1.82, 2.24) is 0 Å². The van der Waals surface area contributed by atoms with Crippen LogP contribution in [-0.2, 0) is 17.9 Å². The van der Waals surface area contributed by atoms with E-state index < -0.39 is 0 Å². The minimum Gasteiger partial charge on any atom is -0.493 e. The molecule has 0 aliphatic rings. The van der Waals surface area contributed by atoms with Gasteiger partial charge in [-0.15, -0.1) is 0 Å². The van der Waals surface area contributed by atoms with E-state index in [0.717, 1.165) is 29.8 Å². The van der Waals surface area contributed by atoms with E-state index in [9.17, 15) is 0 Å². The van der Waals surface area contributed by atoms with E-state index in [1.807, 2.05) is 36.4 Å². The SMILES string of the molecule is CCCOCc1ccccc1CN=C(N)Nc1ccc(OC)c(OC)c1. The molecule has 0 spiro atoms. The third-order valence-electron chi connectivity index (χ3n) is 3.80. The fourth-order valence-corrected chi connectivity index (χ4v) is 2.45. The summed E-state index contributed by atoms with van der Waals surface area (Å²) in [6.45, 7) is 3.91. The van der Waals surface area contributed by atoms with Crippen LogP contribution in [0.2, 0.25) is 0 Å². The highest BCUT2D eigenvalue weighted by Gasteiger charge is 2.06. The number of hydrogen-bond acceptors (Lipinski definition) is 4. The molecule has 0 fully saturated rings. The predicted molar refractivity (Wildman–Crippen MR) is 105 cm³/mol. The van der Waals surface area contributed by atoms with Gasteiger partial charge < -0.3 is 25.3 Å². The van der Waals surface area contributed by atoms with Gasteiger partial charge in [-0.2, -0.15) is 0 Å². The van der Waals surface area contributed by atoms with Crippen LogP contribution in [0, 0.1) is 0 Å². The van der Waals surface area contributed by atoms with E-state index in [1.165, 1.54) is 0 Å². The van der Waals surface area contributed by atoms with E-state index in [-0.39, 0.29) is 0 Å². The Labute approximate surface area is 155 Å². The highest BCUT2D eigenvalue weighted by Crippen LogP contribution is 2.29. The normalized spacial score (nSPS) is 11.3. The molecule has 6 heteroatoms. The van der Waals surface area contributed by atoms with Gasteiger partial charge in [0.25, 0.3) is 0 Å². The highest BCUT2D eigenvalue weighted by atomic mass is 16.5. The summed E-state index contributed by atoms with van der Waals surface area (Å²) in [5.41, 5.74) is 9.03. The number of ether oxygens (including phenoxy) is 3. The molecule has 0 aromatic heterocycles. The Morgan fingerprint density at radius 3 is 2.46 bits per heavy atom. The number of methoxy groups -OCH3 is 2. The lowest BCUT2D eigenvalue weighted by Crippen LogP contribution is -2.22. The van der Waals surface area contributed by atoms with Gasteiger partial charge in [-0.3, -0.25) is 0 Å². The molecule has 140 valence electrons. The van der Waals surface area contributed by atoms with Gasteiger partial charge in [0.05, 0.1) is 27.4 Å². The number of guanidine groups is 1. The van der Waals surface area contributed by atoms with Crippen molar-refractivity contribution in [3.8, 4) is 11.5 Å². The lowest BCUT2D eigenvalue weighted by molar-refractivity contribution is 0.121. The van der Waals surface area contributed by atoms with E-state index >= 15 is 0 Å². The van der Waals surface area contributed by atoms with E-state index in [4.69, 9.17) is 19.9 Å². The van der Waals surface area contributed by atoms with E-state index in [2.05, 4.69) is 23.3 Å². The second-order valence-corrected chi connectivity index (χ2v) is 5.72. The second kappa shape index (κ2) is 10.3. The minimum atomic E-state index is 0.335. The summed E-state index contributed by atoms with van der Waals surface area (Å²) in [4.78, 5) is 4.43. The number of benzene rings is 2. The third-order valence-corrected chi connectivity index (χ3v) is 3.80. The predicted octanol–water partition coefficient (Wildman–Crippen LogP) is 3.56. The van der Waals surface area contributed by atoms with Crippen molar-refractivity contribution in [3.63, 3.8) is 0 Å². The lowest BCUT2D eigenvalue weighted by Gasteiger charge is -2.11. The van der Waals surface area contributed by atoms with Gasteiger partial charge in [0.1, 0.15) is 0 Å². The van der Waals surface area contributed by atoms with Crippen molar-refractivity contribution < 1.29 is 14.2 Å². The minimum absolute atomic E-state index is 0.335. The fraction of sp³-hybridized carbons (Fsp3) is 0.350. The van der Waals surface area contributed by atoms with Crippen molar-refractivity contribution in [2.75, 3.05) is 26.1 Å². The topological polar surface area (TPSA) is 78.1 Å². The quantitative estimate of drug-likeness (QED) is 0.408. The zero-order chi connectivity index (χ0) is 18.8. The molecule has 0 amide bonds. The number of nitrogens with two attached hydrogens (primary N) is 1. The summed E-state index contributed by atoms with van der Waals surface area (Å²) in [5.74, 6) is 1.62. The first-order valence-corrected chi connectivity index (χ1v) is 8.61. The van der Waals surface area contributed by atoms with E-state index in [1.54, 1.807) is 14.2 Å². The molecule has 26 heavy (non-hydrogen) atoms. The lowest BCUT2D eigenvalue weighted by atomic mass is 10.1. The largest absolute Gasteiger partial charge is 0.493 e. The van der Waals surface area contributed by atoms with Crippen LogP contribution in [-0.4, -0.2) is 26.8 Å². The average molecular weight is 357 g/mol. The van der Waals surface area contributed by atoms with Crippen molar-refractivity contribution in [1.29, 1.82) is 0 Å². The van der Waals surface area contributed by atoms with Crippen LogP contribution in [0.5, 0.6) is 11.5 Å². The van der Waals surface area contributed by atoms with Crippen molar-refractivity contribution in [2.45, 2.75) is 26.5 Å². The molecule has 2 aromatic rings. The van der Waals surface area contributed by atoms with Crippen LogP contribution in [0.1, 0.15) is 24.5 Å². The van der Waals surface area contributed by atoms with Gasteiger partial charge >= 0.3 is 0 Å². The zero-order valence-corrected chi connectivity index (χ0v) is 15.6. The van der Waals surface area contributed by atoms with Gasteiger partial charge in [-0.25, -0.2) is 4.99 Å². The highest BCUT2D eigenvalue weighted by molar-refractivity contribution is 5.92. The maximum absolute atomic E-state index is 6.02. The number of nitrogens with one attached hydrogen (secondary N) is 1. The molecule has 0 saturated carbocycles. The average Bonchev–Trinajstić information content (AvgIpc) is 2.67. The molecule has 0 radical (unpaired) electrons. The molecule has 0 atom stereocenters. The van der Waals surface area contributed by atoms with Crippen LogP contribution < -0.4 is 20.5 Å². The molecule has 0 heterocycles. The molecule has 0 aliphatic carbocycles. The third kappa shape index (κ3) is 5.67. The molecule has 0 aliphatic heterocycles. The Hall–Kier alpha value is -2.73. The monoisotopic (exact) mass is 357 g/mol. The summed E-state index contributed by atoms with van der Waals surface area (Å²) in [6, 6.07) is 13.6. The number of hydrogen-bond donors (Lipinski definition) is 2. The Morgan fingerprint density at radius 1 is 1.04 bits per heavy atom. The van der Waals surface area contributed by atoms with Gasteiger partial charge in [-0.1, -0.05) is 31.2 Å². The van der Waals surface area contributed by atoms with E-state index in [0.29, 0.717) is 30.6 Å². The standard InChI is InChI=1S/C20H27N3O3/c1-4-11-26-14-16-8-6-5-7-15(16)13-22-20(21)23-17-9-10-18(24-2)19(12-17)25-3/h5-10,12H,4,11,13-14H2,1-3H3,(H3,21,22,23). The van der Waals surface area contributed by atoms with Crippen molar-refractivity contribution >= 4 is 11.6 Å². The first kappa shape index (κ1) is 19.6. The molecule has 3 N–H and O–H groups in total. The Balaban J connectivity index is 2.02. The maximum atomic E-state index is 6.02. The number of nitrogens with zero attached hydrogens (tertiary/aromatic N) is 1. The second-order valence-electron chi connectivity index (χ2n) is 5.72. The maximum Gasteiger partial charge on any atom is 0.193 e. The van der Waals surface area contributed by atoms with Crippen LogP contribution in [0.3, 0.4) is 0 Å². The molecular weight excluding hydrogens is 330 g/mol. The molecular formula is C20H27N3O3. The van der Waals surface area contributed by atoms with Crippen LogP contribution in [0.4, 0.5) is 5.69 Å². The molecule has 0 bridgehead atoms. The first-order valence-electron chi connectivity index (χ1n) is 8.61. The summed E-state index contributed by atoms with van der Waals surface area (Å²) < 4.78 is 16.2. The van der Waals surface area contributed by atoms with Gasteiger partial charge in [-0.05, 0) is 29.7 Å². The number of anilines is 1. The summed E-state index contributed by atoms with van der Waals surface area (Å²) in [7, 11) is 3.19. The zero-order valence-electron chi connectivity index (χ0n) is 15.6. The Kier molecular flexibility index (Phi) is 7.76. The Morgan fingerprint density at radius 2 is 1.77 bits per heavy atom. The van der Waals surface area contributed by atoms with Crippen LogP contribution in [0.25, 0.3) is 0 Å². The number of rotatable bonds is 9. The summed E-state index contributed by atoms with van der Waals surface area (Å²) in [6.07, 6.45) is 1.00. The molecule has 0 saturated heterocycles. The Bertz CT molecular complexity index is 732. The molecule has 6 nitrogen and oxygen atoms in total. The van der Waals surface area contributed by atoms with Crippen LogP contribution in [0.15, 0.2) is 47.5 Å². The van der Waals surface area contributed by atoms with Gasteiger partial charge in [0.15, 0.2) is 17.5 Å². The summed E-state index contributed by atoms with van der Waals surface area (Å²) in [5, 5.41) is 3.07. The smallest absolute Gasteiger partial charge is 0.193 e. The van der Waals surface area contributed by atoms with Crippen molar-refractivity contribution in [3.05, 3.63) is 53.6 Å². The van der Waals surface area contributed by atoms with Crippen LogP contribution >= 0.6 is 0 Å². The molecule has 2 rings (SSSR count). The van der Waals surface area contributed by atoms with Gasteiger partial charge in [0, 0.05) is 18.4 Å². The molecule has 0 unspecified atom stereocenters. The van der Waals surface area contributed by atoms with Crippen molar-refractivity contribution in [2.24, 2.45) is 10.7 Å². The summed E-state index contributed by atoms with van der Waals surface area (Å²) >= 11 is 0. The fourth-order valence-electron chi connectivity index (χ4n) is 2.45. The number of aliphatic imine (C=N–C) groups is 1. The van der Waals surface area contributed by atoms with Gasteiger partial charge in [0.2, 0.25) is 0 Å². The first-order chi connectivity index (χ1) is 12.7.